The second-order valence-electron chi connectivity index (χ2n) is 2.62. The number of rotatable bonds is 3. The van der Waals surface area contributed by atoms with E-state index in [-0.39, 0.29) is 0 Å². The average Bonchev–Trinajstić information content (AvgIpc) is 2.03. The summed E-state index contributed by atoms with van der Waals surface area (Å²) in [5, 5.41) is 10.1. The lowest BCUT2D eigenvalue weighted by atomic mass is 10.3. The third kappa shape index (κ3) is 2.33. The first-order valence-corrected chi connectivity index (χ1v) is 4.06. The SMILES string of the molecule is CCCCN1CCCN=N1. The van der Waals surface area contributed by atoms with Crippen LogP contribution in [-0.4, -0.2) is 24.6 Å². The summed E-state index contributed by atoms with van der Waals surface area (Å²) in [5.74, 6) is 0. The Balaban J connectivity index is 2.13. The Morgan fingerprint density at radius 2 is 2.40 bits per heavy atom. The second-order valence-corrected chi connectivity index (χ2v) is 2.62. The van der Waals surface area contributed by atoms with Crippen LogP contribution in [0, 0.1) is 0 Å². The number of hydrogen-bond acceptors (Lipinski definition) is 3. The minimum absolute atomic E-state index is 0.919. The van der Waals surface area contributed by atoms with Crippen LogP contribution in [0.2, 0.25) is 0 Å². The lowest BCUT2D eigenvalue weighted by Gasteiger charge is -2.19. The van der Waals surface area contributed by atoms with Gasteiger partial charge < -0.3 is 0 Å². The normalized spacial score (nSPS) is 17.9. The standard InChI is InChI=1S/C7H15N3/c1-2-3-6-10-7-4-5-8-9-10/h2-7H2,1H3. The highest BCUT2D eigenvalue weighted by molar-refractivity contribution is 4.56. The summed E-state index contributed by atoms with van der Waals surface area (Å²) in [6.45, 7) is 5.30. The van der Waals surface area contributed by atoms with Gasteiger partial charge in [-0.2, -0.15) is 5.11 Å². The molecule has 0 N–H and O–H groups in total. The van der Waals surface area contributed by atoms with Gasteiger partial charge in [-0.25, -0.2) is 0 Å². The van der Waals surface area contributed by atoms with E-state index in [9.17, 15) is 0 Å². The van der Waals surface area contributed by atoms with Crippen LogP contribution in [0.3, 0.4) is 0 Å². The van der Waals surface area contributed by atoms with Crippen LogP contribution in [0.1, 0.15) is 26.2 Å². The van der Waals surface area contributed by atoms with E-state index in [1.54, 1.807) is 0 Å². The topological polar surface area (TPSA) is 28.0 Å². The van der Waals surface area contributed by atoms with Crippen molar-refractivity contribution in [2.24, 2.45) is 10.3 Å². The Kier molecular flexibility index (Phi) is 3.19. The van der Waals surface area contributed by atoms with E-state index in [0.717, 1.165) is 19.6 Å². The third-order valence-electron chi connectivity index (χ3n) is 1.63. The van der Waals surface area contributed by atoms with Crippen molar-refractivity contribution in [1.82, 2.24) is 5.01 Å². The Bertz CT molecular complexity index is 111. The molecule has 0 spiro atoms. The van der Waals surface area contributed by atoms with E-state index in [4.69, 9.17) is 0 Å². The molecule has 1 rings (SSSR count). The van der Waals surface area contributed by atoms with Crippen molar-refractivity contribution in [3.05, 3.63) is 0 Å². The molecule has 0 amide bonds. The number of hydrogen-bond donors (Lipinski definition) is 0. The highest BCUT2D eigenvalue weighted by atomic mass is 15.5. The fraction of sp³-hybridized carbons (Fsp3) is 1.00. The number of unbranched alkanes of at least 4 members (excludes halogenated alkanes) is 1. The average molecular weight is 141 g/mol. The summed E-state index contributed by atoms with van der Waals surface area (Å²) in [4.78, 5) is 0. The van der Waals surface area contributed by atoms with Crippen molar-refractivity contribution in [2.75, 3.05) is 19.6 Å². The van der Waals surface area contributed by atoms with Crippen molar-refractivity contribution in [1.29, 1.82) is 0 Å². The highest BCUT2D eigenvalue weighted by Crippen LogP contribution is 2.03. The molecule has 0 aromatic carbocycles. The van der Waals surface area contributed by atoms with Crippen molar-refractivity contribution >= 4 is 0 Å². The Labute approximate surface area is 62.1 Å². The molecule has 1 heterocycles. The maximum absolute atomic E-state index is 4.03. The first kappa shape index (κ1) is 7.51. The van der Waals surface area contributed by atoms with Gasteiger partial charge in [0, 0.05) is 13.1 Å². The summed E-state index contributed by atoms with van der Waals surface area (Å²) in [5.41, 5.74) is 0. The van der Waals surface area contributed by atoms with Crippen molar-refractivity contribution in [3.63, 3.8) is 0 Å². The predicted molar refractivity (Wildman–Crippen MR) is 40.8 cm³/mol. The molecular formula is C7H15N3. The highest BCUT2D eigenvalue weighted by Gasteiger charge is 2.03. The molecular weight excluding hydrogens is 126 g/mol. The maximum atomic E-state index is 4.03. The summed E-state index contributed by atoms with van der Waals surface area (Å²) in [6, 6.07) is 0. The van der Waals surface area contributed by atoms with E-state index >= 15 is 0 Å². The lowest BCUT2D eigenvalue weighted by Crippen LogP contribution is -2.22. The van der Waals surface area contributed by atoms with Crippen LogP contribution in [0.25, 0.3) is 0 Å². The van der Waals surface area contributed by atoms with Gasteiger partial charge in [0.05, 0.1) is 6.54 Å². The zero-order valence-corrected chi connectivity index (χ0v) is 6.58. The molecule has 0 bridgehead atoms. The van der Waals surface area contributed by atoms with Crippen LogP contribution >= 0.6 is 0 Å². The van der Waals surface area contributed by atoms with Gasteiger partial charge >= 0.3 is 0 Å². The summed E-state index contributed by atoms with van der Waals surface area (Å²) in [6.07, 6.45) is 3.65. The van der Waals surface area contributed by atoms with Crippen molar-refractivity contribution in [2.45, 2.75) is 26.2 Å². The van der Waals surface area contributed by atoms with Crippen LogP contribution in [-0.2, 0) is 0 Å². The molecule has 1 aliphatic heterocycles. The predicted octanol–water partition coefficient (Wildman–Crippen LogP) is 1.86. The molecule has 3 heteroatoms. The Hall–Kier alpha value is -0.600. The van der Waals surface area contributed by atoms with Crippen LogP contribution in [0.15, 0.2) is 10.3 Å². The third-order valence-corrected chi connectivity index (χ3v) is 1.63. The van der Waals surface area contributed by atoms with Gasteiger partial charge in [-0.05, 0) is 12.8 Å². The Morgan fingerprint density at radius 1 is 1.50 bits per heavy atom. The first-order valence-electron chi connectivity index (χ1n) is 4.06. The molecule has 0 atom stereocenters. The zero-order valence-electron chi connectivity index (χ0n) is 6.58. The minimum Gasteiger partial charge on any atom is -0.279 e. The van der Waals surface area contributed by atoms with Crippen LogP contribution in [0.4, 0.5) is 0 Å². The monoisotopic (exact) mass is 141 g/mol. The molecule has 10 heavy (non-hydrogen) atoms. The van der Waals surface area contributed by atoms with E-state index in [2.05, 4.69) is 22.3 Å². The van der Waals surface area contributed by atoms with Gasteiger partial charge in [0.25, 0.3) is 0 Å². The van der Waals surface area contributed by atoms with E-state index < -0.39 is 0 Å². The summed E-state index contributed by atoms with van der Waals surface area (Å²) >= 11 is 0. The fourth-order valence-electron chi connectivity index (χ4n) is 1.000. The summed E-state index contributed by atoms with van der Waals surface area (Å²) in [7, 11) is 0. The second kappa shape index (κ2) is 4.25. The van der Waals surface area contributed by atoms with Gasteiger partial charge in [-0.15, -0.1) is 0 Å². The van der Waals surface area contributed by atoms with Gasteiger partial charge in [-0.1, -0.05) is 18.6 Å². The molecule has 3 nitrogen and oxygen atoms in total. The van der Waals surface area contributed by atoms with Gasteiger partial charge in [0.15, 0.2) is 0 Å². The molecule has 0 aromatic rings. The van der Waals surface area contributed by atoms with Gasteiger partial charge in [-0.3, -0.25) is 5.01 Å². The molecule has 0 unspecified atom stereocenters. The fourth-order valence-corrected chi connectivity index (χ4v) is 1.000. The maximum Gasteiger partial charge on any atom is 0.0637 e. The van der Waals surface area contributed by atoms with Gasteiger partial charge in [0.2, 0.25) is 0 Å². The number of nitrogens with zero attached hydrogens (tertiary/aromatic N) is 3. The van der Waals surface area contributed by atoms with Crippen molar-refractivity contribution < 1.29 is 0 Å². The molecule has 0 fully saturated rings. The molecule has 1 aliphatic rings. The molecule has 0 aliphatic carbocycles. The molecule has 0 radical (unpaired) electrons. The molecule has 0 saturated heterocycles. The van der Waals surface area contributed by atoms with Crippen molar-refractivity contribution in [3.8, 4) is 0 Å². The molecule has 0 saturated carbocycles. The lowest BCUT2D eigenvalue weighted by molar-refractivity contribution is 0.237. The largest absolute Gasteiger partial charge is 0.279 e. The van der Waals surface area contributed by atoms with Crippen LogP contribution in [0.5, 0.6) is 0 Å². The molecule has 58 valence electrons. The quantitative estimate of drug-likeness (QED) is 0.589. The summed E-state index contributed by atoms with van der Waals surface area (Å²) < 4.78 is 0. The molecule has 0 aromatic heterocycles. The van der Waals surface area contributed by atoms with Crippen LogP contribution < -0.4 is 0 Å². The smallest absolute Gasteiger partial charge is 0.0637 e. The van der Waals surface area contributed by atoms with Gasteiger partial charge in [0.1, 0.15) is 0 Å². The first-order chi connectivity index (χ1) is 4.93. The Morgan fingerprint density at radius 3 is 3.00 bits per heavy atom. The van der Waals surface area contributed by atoms with E-state index in [1.165, 1.54) is 19.3 Å². The van der Waals surface area contributed by atoms with E-state index in [0.29, 0.717) is 0 Å². The zero-order chi connectivity index (χ0) is 7.23. The minimum atomic E-state index is 0.919. The van der Waals surface area contributed by atoms with E-state index in [1.807, 2.05) is 0 Å².